The number of hydrogen-bond donors (Lipinski definition) is 1. The number of benzene rings is 3. The van der Waals surface area contributed by atoms with E-state index < -0.39 is 11.8 Å². The van der Waals surface area contributed by atoms with Gasteiger partial charge in [-0.05, 0) is 49.1 Å². The Hall–Kier alpha value is -3.86. The van der Waals surface area contributed by atoms with Gasteiger partial charge in [-0.2, -0.15) is 0 Å². The van der Waals surface area contributed by atoms with E-state index in [2.05, 4.69) is 21.2 Å². The number of morpholine rings is 1. The first-order valence-corrected chi connectivity index (χ1v) is 16.8. The van der Waals surface area contributed by atoms with Crippen molar-refractivity contribution in [2.75, 3.05) is 63.0 Å². The Morgan fingerprint density at radius 2 is 1.85 bits per heavy atom. The summed E-state index contributed by atoms with van der Waals surface area (Å²) in [7, 11) is 1.31. The third-order valence-electron chi connectivity index (χ3n) is 10.6. The zero-order valence-electron chi connectivity index (χ0n) is 26.6. The number of carbonyl (C=O) groups excluding carboxylic acids is 2. The molecule has 5 heterocycles. The molecule has 11 heteroatoms. The van der Waals surface area contributed by atoms with Gasteiger partial charge >= 0.3 is 5.97 Å². The van der Waals surface area contributed by atoms with Gasteiger partial charge in [-0.15, -0.1) is 0 Å². The molecule has 3 aromatic rings. The second kappa shape index (κ2) is 11.7. The first-order chi connectivity index (χ1) is 22.8. The van der Waals surface area contributed by atoms with Crippen LogP contribution in [0.2, 0.25) is 5.02 Å². The maximum Gasteiger partial charge on any atom is 0.340 e. The topological polar surface area (TPSA) is 83.6 Å². The Labute approximate surface area is 278 Å². The van der Waals surface area contributed by atoms with E-state index in [4.69, 9.17) is 25.8 Å². The number of amides is 1. The molecule has 0 saturated carbocycles. The summed E-state index contributed by atoms with van der Waals surface area (Å²) >= 11 is 6.83. The molecule has 47 heavy (non-hydrogen) atoms. The minimum Gasteiger partial charge on any atom is -0.472 e. The molecule has 9 nitrogen and oxygen atoms in total. The summed E-state index contributed by atoms with van der Waals surface area (Å²) < 4.78 is 33.0. The van der Waals surface area contributed by atoms with Crippen LogP contribution < -0.4 is 19.9 Å². The van der Waals surface area contributed by atoms with Crippen molar-refractivity contribution in [3.05, 3.63) is 75.6 Å². The van der Waals surface area contributed by atoms with Gasteiger partial charge in [0.1, 0.15) is 11.6 Å². The third-order valence-corrected chi connectivity index (χ3v) is 10.9. The summed E-state index contributed by atoms with van der Waals surface area (Å²) in [5.41, 5.74) is 5.31. The van der Waals surface area contributed by atoms with Gasteiger partial charge in [-0.3, -0.25) is 4.79 Å². The molecule has 8 rings (SSSR count). The van der Waals surface area contributed by atoms with Crippen molar-refractivity contribution >= 4 is 34.9 Å². The smallest absolute Gasteiger partial charge is 0.340 e. The number of para-hydroxylation sites is 1. The summed E-state index contributed by atoms with van der Waals surface area (Å²) in [6, 6.07) is 12.8. The number of esters is 1. The molecule has 246 valence electrons. The normalized spacial score (nSPS) is 22.3. The van der Waals surface area contributed by atoms with Gasteiger partial charge in [0, 0.05) is 54.0 Å². The number of halogens is 2. The number of carbonyl (C=O) groups is 2. The molecule has 0 aliphatic carbocycles. The highest BCUT2D eigenvalue weighted by Crippen LogP contribution is 2.44. The van der Waals surface area contributed by atoms with Crippen molar-refractivity contribution in [1.29, 1.82) is 0 Å². The molecule has 2 atom stereocenters. The number of anilines is 2. The molecule has 2 bridgehead atoms. The van der Waals surface area contributed by atoms with E-state index in [-0.39, 0.29) is 36.8 Å². The lowest BCUT2D eigenvalue weighted by Crippen LogP contribution is -2.71. The highest BCUT2D eigenvalue weighted by atomic mass is 35.5. The van der Waals surface area contributed by atoms with Crippen molar-refractivity contribution < 1.29 is 28.2 Å². The van der Waals surface area contributed by atoms with E-state index in [9.17, 15) is 9.59 Å². The molecule has 4 saturated heterocycles. The summed E-state index contributed by atoms with van der Waals surface area (Å²) in [6.45, 7) is 7.51. The van der Waals surface area contributed by atoms with E-state index in [1.54, 1.807) is 11.0 Å². The molecule has 5 aliphatic heterocycles. The number of hydrogen-bond acceptors (Lipinski definition) is 8. The van der Waals surface area contributed by atoms with Crippen LogP contribution in [0, 0.1) is 11.2 Å². The lowest BCUT2D eigenvalue weighted by atomic mass is 9.74. The molecular formula is C36H38ClFN4O5. The Morgan fingerprint density at radius 1 is 1.09 bits per heavy atom. The summed E-state index contributed by atoms with van der Waals surface area (Å²) in [5, 5.41) is 3.81. The second-order valence-electron chi connectivity index (χ2n) is 13.5. The van der Waals surface area contributed by atoms with Crippen LogP contribution in [0.4, 0.5) is 15.8 Å². The number of ether oxygens (including phenoxy) is 3. The van der Waals surface area contributed by atoms with Crippen molar-refractivity contribution in [3.63, 3.8) is 0 Å². The first kappa shape index (κ1) is 30.5. The molecule has 0 aromatic heterocycles. The van der Waals surface area contributed by atoms with Gasteiger partial charge in [-0.25, -0.2) is 9.18 Å². The molecule has 3 aromatic carbocycles. The number of rotatable bonds is 6. The quantitative estimate of drug-likeness (QED) is 0.359. The fraction of sp³-hybridized carbons (Fsp3) is 0.444. The van der Waals surface area contributed by atoms with Crippen LogP contribution in [0.25, 0.3) is 11.1 Å². The van der Waals surface area contributed by atoms with Gasteiger partial charge in [0.25, 0.3) is 5.91 Å². The van der Waals surface area contributed by atoms with Gasteiger partial charge in [-0.1, -0.05) is 36.7 Å². The van der Waals surface area contributed by atoms with Crippen molar-refractivity contribution in [2.45, 2.75) is 44.8 Å². The second-order valence-corrected chi connectivity index (χ2v) is 13.9. The van der Waals surface area contributed by atoms with Crippen LogP contribution >= 0.6 is 11.6 Å². The van der Waals surface area contributed by atoms with E-state index in [0.29, 0.717) is 58.2 Å². The van der Waals surface area contributed by atoms with Crippen LogP contribution in [0.1, 0.15) is 51.6 Å². The van der Waals surface area contributed by atoms with Crippen molar-refractivity contribution in [2.24, 2.45) is 5.41 Å². The SMILES string of the molecule is CCc1cc(N2CC3(CNC3)C2)cc(Cl)c1C(=O)N1COc2c(cccc2-c2cc(N3C4CCC3COC4)c(C(=O)OC)cc2F)C1. The maximum atomic E-state index is 15.9. The highest BCUT2D eigenvalue weighted by molar-refractivity contribution is 6.34. The van der Waals surface area contributed by atoms with Gasteiger partial charge in [0.15, 0.2) is 6.73 Å². The van der Waals surface area contributed by atoms with Crippen LogP contribution in [0.5, 0.6) is 5.75 Å². The Balaban J connectivity index is 1.09. The largest absolute Gasteiger partial charge is 0.472 e. The standard InChI is InChI=1S/C36H38ClFN4O5/c1-3-21-9-25(41-18-36(19-41)16-39-17-36)10-29(37)32(21)34(43)40-13-22-5-4-6-26(33(22)47-20-40)27-12-31(28(11-30(27)38)35(44)45-2)42-23-7-8-24(42)15-46-14-23/h4-6,9-12,23-24,39H,3,7-8,13-20H2,1-2H3. The predicted molar refractivity (Wildman–Crippen MR) is 177 cm³/mol. The van der Waals surface area contributed by atoms with E-state index in [0.717, 1.165) is 55.8 Å². The Morgan fingerprint density at radius 3 is 2.53 bits per heavy atom. The molecule has 1 N–H and O–H groups in total. The first-order valence-electron chi connectivity index (χ1n) is 16.4. The van der Waals surface area contributed by atoms with Gasteiger partial charge in [0.2, 0.25) is 0 Å². The third kappa shape index (κ3) is 5.03. The van der Waals surface area contributed by atoms with Crippen LogP contribution in [-0.2, 0) is 22.4 Å². The van der Waals surface area contributed by atoms with Crippen LogP contribution in [-0.4, -0.2) is 82.1 Å². The maximum absolute atomic E-state index is 15.9. The zero-order chi connectivity index (χ0) is 32.4. The average molecular weight is 661 g/mol. The summed E-state index contributed by atoms with van der Waals surface area (Å²) in [6.07, 6.45) is 2.54. The van der Waals surface area contributed by atoms with E-state index >= 15 is 4.39 Å². The van der Waals surface area contributed by atoms with Crippen LogP contribution in [0.3, 0.4) is 0 Å². The van der Waals surface area contributed by atoms with Gasteiger partial charge < -0.3 is 34.2 Å². The Bertz CT molecular complexity index is 1760. The summed E-state index contributed by atoms with van der Waals surface area (Å²) in [4.78, 5) is 33.0. The number of methoxy groups -OCH3 is 1. The lowest BCUT2D eigenvalue weighted by molar-refractivity contribution is 0.0514. The number of fused-ring (bicyclic) bond motifs is 3. The monoisotopic (exact) mass is 660 g/mol. The highest BCUT2D eigenvalue weighted by Gasteiger charge is 2.48. The Kier molecular flexibility index (Phi) is 7.57. The van der Waals surface area contributed by atoms with Gasteiger partial charge in [0.05, 0.1) is 60.8 Å². The van der Waals surface area contributed by atoms with Crippen molar-refractivity contribution in [3.8, 4) is 16.9 Å². The van der Waals surface area contributed by atoms with E-state index in [1.807, 2.05) is 31.2 Å². The molecule has 4 fully saturated rings. The molecule has 1 amide bonds. The molecule has 0 radical (unpaired) electrons. The summed E-state index contributed by atoms with van der Waals surface area (Å²) in [5.74, 6) is -0.811. The molecular weight excluding hydrogens is 623 g/mol. The minimum absolute atomic E-state index is 0.00589. The number of aryl methyl sites for hydroxylation is 1. The van der Waals surface area contributed by atoms with E-state index in [1.165, 1.54) is 13.2 Å². The molecule has 1 spiro atoms. The molecule has 2 unspecified atom stereocenters. The number of nitrogens with zero attached hydrogens (tertiary/aromatic N) is 3. The average Bonchev–Trinajstić information content (AvgIpc) is 3.28. The lowest BCUT2D eigenvalue weighted by Gasteiger charge is -2.57. The minimum atomic E-state index is -0.584. The zero-order valence-corrected chi connectivity index (χ0v) is 27.4. The number of nitrogens with one attached hydrogen (secondary N) is 1. The van der Waals surface area contributed by atoms with Crippen LogP contribution in [0.15, 0.2) is 42.5 Å². The fourth-order valence-electron chi connectivity index (χ4n) is 8.05. The van der Waals surface area contributed by atoms with Crippen molar-refractivity contribution in [1.82, 2.24) is 10.2 Å². The molecule has 5 aliphatic rings. The predicted octanol–water partition coefficient (Wildman–Crippen LogP) is 5.26. The fourth-order valence-corrected chi connectivity index (χ4v) is 8.36.